The molecule has 142 valence electrons. The van der Waals surface area contributed by atoms with Crippen molar-refractivity contribution in [1.82, 2.24) is 15.5 Å². The number of methoxy groups -OCH3 is 3. The number of ether oxygens (including phenoxy) is 3. The molecule has 3 aromatic rings. The summed E-state index contributed by atoms with van der Waals surface area (Å²) in [7, 11) is 4.57. The average Bonchev–Trinajstić information content (AvgIpc) is 3.38. The van der Waals surface area contributed by atoms with Crippen molar-refractivity contribution in [3.63, 3.8) is 0 Å². The molecule has 9 heteroatoms. The Hall–Kier alpha value is -3.49. The minimum atomic E-state index is -0.508. The summed E-state index contributed by atoms with van der Waals surface area (Å²) in [5, 5.41) is 6.70. The Bertz CT molecular complexity index is 894. The van der Waals surface area contributed by atoms with Gasteiger partial charge in [0, 0.05) is 5.56 Å². The zero-order valence-electron chi connectivity index (χ0n) is 15.3. The highest BCUT2D eigenvalue weighted by Gasteiger charge is 2.21. The quantitative estimate of drug-likeness (QED) is 0.673. The summed E-state index contributed by atoms with van der Waals surface area (Å²) in [6, 6.07) is 6.11. The van der Waals surface area contributed by atoms with E-state index in [2.05, 4.69) is 15.5 Å². The zero-order valence-corrected chi connectivity index (χ0v) is 15.3. The average molecular weight is 373 g/mol. The Labute approximate surface area is 155 Å². The number of nitrogens with one attached hydrogen (secondary N) is 1. The number of rotatable bonds is 7. The molecule has 2 heterocycles. The number of benzene rings is 1. The van der Waals surface area contributed by atoms with Crippen molar-refractivity contribution in [2.24, 2.45) is 0 Å². The number of hydrogen-bond acceptors (Lipinski definition) is 8. The molecule has 0 fully saturated rings. The topological polar surface area (TPSA) is 109 Å². The van der Waals surface area contributed by atoms with Crippen LogP contribution in [0.15, 0.2) is 39.5 Å². The van der Waals surface area contributed by atoms with Gasteiger partial charge in [-0.2, -0.15) is 4.98 Å². The van der Waals surface area contributed by atoms with Gasteiger partial charge in [0.15, 0.2) is 17.3 Å². The minimum Gasteiger partial charge on any atom is -0.493 e. The molecule has 0 aliphatic heterocycles. The molecule has 0 bridgehead atoms. The van der Waals surface area contributed by atoms with Crippen molar-refractivity contribution in [2.45, 2.75) is 13.0 Å². The SMILES string of the molecule is COc1cc(-c2noc([C@H](C)NC(=O)c3ccco3)n2)cc(OC)c1OC. The monoisotopic (exact) mass is 373 g/mol. The second kappa shape index (κ2) is 7.81. The molecular weight excluding hydrogens is 354 g/mol. The molecule has 1 amide bonds. The van der Waals surface area contributed by atoms with Gasteiger partial charge in [-0.3, -0.25) is 4.79 Å². The Kier molecular flexibility index (Phi) is 5.30. The maximum atomic E-state index is 12.1. The second-order valence-electron chi connectivity index (χ2n) is 5.54. The lowest BCUT2D eigenvalue weighted by Crippen LogP contribution is -2.26. The maximum absolute atomic E-state index is 12.1. The molecule has 0 saturated carbocycles. The molecule has 0 aliphatic rings. The van der Waals surface area contributed by atoms with Gasteiger partial charge in [-0.1, -0.05) is 5.16 Å². The highest BCUT2D eigenvalue weighted by atomic mass is 16.5. The van der Waals surface area contributed by atoms with E-state index in [0.717, 1.165) is 0 Å². The maximum Gasteiger partial charge on any atom is 0.287 e. The van der Waals surface area contributed by atoms with E-state index in [1.807, 2.05) is 0 Å². The third-order valence-corrected chi connectivity index (χ3v) is 3.83. The first-order valence-corrected chi connectivity index (χ1v) is 8.05. The van der Waals surface area contributed by atoms with Crippen LogP contribution in [0.5, 0.6) is 17.2 Å². The Morgan fingerprint density at radius 1 is 1.15 bits per heavy atom. The van der Waals surface area contributed by atoms with Crippen LogP contribution in [0.25, 0.3) is 11.4 Å². The van der Waals surface area contributed by atoms with E-state index >= 15 is 0 Å². The van der Waals surface area contributed by atoms with Crippen LogP contribution in [0, 0.1) is 0 Å². The molecule has 0 spiro atoms. The van der Waals surface area contributed by atoms with Crippen molar-refractivity contribution in [2.75, 3.05) is 21.3 Å². The molecule has 1 atom stereocenters. The Balaban J connectivity index is 1.84. The van der Waals surface area contributed by atoms with Crippen LogP contribution >= 0.6 is 0 Å². The number of amides is 1. The lowest BCUT2D eigenvalue weighted by atomic mass is 10.1. The van der Waals surface area contributed by atoms with E-state index in [9.17, 15) is 4.79 Å². The van der Waals surface area contributed by atoms with Gasteiger partial charge in [-0.05, 0) is 31.2 Å². The fourth-order valence-corrected chi connectivity index (χ4v) is 2.48. The molecule has 27 heavy (non-hydrogen) atoms. The van der Waals surface area contributed by atoms with E-state index < -0.39 is 6.04 Å². The predicted molar refractivity (Wildman–Crippen MR) is 94.0 cm³/mol. The van der Waals surface area contributed by atoms with Gasteiger partial charge in [0.05, 0.1) is 27.6 Å². The summed E-state index contributed by atoms with van der Waals surface area (Å²) in [5.41, 5.74) is 0.615. The molecule has 0 radical (unpaired) electrons. The normalized spacial score (nSPS) is 11.7. The Morgan fingerprint density at radius 2 is 1.85 bits per heavy atom. The summed E-state index contributed by atoms with van der Waals surface area (Å²) >= 11 is 0. The Morgan fingerprint density at radius 3 is 2.41 bits per heavy atom. The summed E-state index contributed by atoms with van der Waals surface area (Å²) in [6.07, 6.45) is 1.43. The summed E-state index contributed by atoms with van der Waals surface area (Å²) in [6.45, 7) is 1.73. The second-order valence-corrected chi connectivity index (χ2v) is 5.54. The molecule has 1 aromatic carbocycles. The van der Waals surface area contributed by atoms with Crippen molar-refractivity contribution in [3.05, 3.63) is 42.2 Å². The van der Waals surface area contributed by atoms with Crippen LogP contribution in [-0.4, -0.2) is 37.4 Å². The first kappa shape index (κ1) is 18.3. The third-order valence-electron chi connectivity index (χ3n) is 3.83. The van der Waals surface area contributed by atoms with Gasteiger partial charge in [0.25, 0.3) is 5.91 Å². The number of furan rings is 1. The highest BCUT2D eigenvalue weighted by Crippen LogP contribution is 2.40. The molecule has 3 rings (SSSR count). The molecule has 9 nitrogen and oxygen atoms in total. The van der Waals surface area contributed by atoms with Crippen LogP contribution in [0.1, 0.15) is 29.4 Å². The fraction of sp³-hybridized carbons (Fsp3) is 0.278. The van der Waals surface area contributed by atoms with Gasteiger partial charge >= 0.3 is 0 Å². The van der Waals surface area contributed by atoms with Crippen LogP contribution in [0.4, 0.5) is 0 Å². The lowest BCUT2D eigenvalue weighted by Gasteiger charge is -2.12. The summed E-state index contributed by atoms with van der Waals surface area (Å²) in [4.78, 5) is 16.4. The minimum absolute atomic E-state index is 0.200. The lowest BCUT2D eigenvalue weighted by molar-refractivity contribution is 0.0904. The van der Waals surface area contributed by atoms with Crippen LogP contribution in [-0.2, 0) is 0 Å². The van der Waals surface area contributed by atoms with Crippen molar-refractivity contribution >= 4 is 5.91 Å². The van der Waals surface area contributed by atoms with Crippen molar-refractivity contribution in [3.8, 4) is 28.6 Å². The van der Waals surface area contributed by atoms with Crippen LogP contribution in [0.2, 0.25) is 0 Å². The number of nitrogens with zero attached hydrogens (tertiary/aromatic N) is 2. The van der Waals surface area contributed by atoms with E-state index in [1.54, 1.807) is 31.2 Å². The van der Waals surface area contributed by atoms with Crippen LogP contribution in [0.3, 0.4) is 0 Å². The highest BCUT2D eigenvalue weighted by molar-refractivity contribution is 5.91. The van der Waals surface area contributed by atoms with Gasteiger partial charge in [0.2, 0.25) is 17.5 Å². The molecule has 2 aromatic heterocycles. The fourth-order valence-electron chi connectivity index (χ4n) is 2.48. The largest absolute Gasteiger partial charge is 0.493 e. The summed E-state index contributed by atoms with van der Waals surface area (Å²) in [5.74, 6) is 1.80. The van der Waals surface area contributed by atoms with E-state index in [-0.39, 0.29) is 17.6 Å². The van der Waals surface area contributed by atoms with Crippen LogP contribution < -0.4 is 19.5 Å². The van der Waals surface area contributed by atoms with Gasteiger partial charge in [0.1, 0.15) is 6.04 Å². The first-order valence-electron chi connectivity index (χ1n) is 8.05. The predicted octanol–water partition coefficient (Wildman–Crippen LogP) is 2.85. The smallest absolute Gasteiger partial charge is 0.287 e. The first-order chi connectivity index (χ1) is 13.1. The number of hydrogen-bond donors (Lipinski definition) is 1. The van der Waals surface area contributed by atoms with Gasteiger partial charge in [-0.25, -0.2) is 0 Å². The summed E-state index contributed by atoms with van der Waals surface area (Å²) < 4.78 is 26.3. The van der Waals surface area contributed by atoms with Crippen molar-refractivity contribution in [1.29, 1.82) is 0 Å². The molecule has 0 saturated heterocycles. The third kappa shape index (κ3) is 3.71. The zero-order chi connectivity index (χ0) is 19.4. The van der Waals surface area contributed by atoms with Gasteiger partial charge < -0.3 is 28.5 Å². The molecular formula is C18H19N3O6. The molecule has 1 N–H and O–H groups in total. The van der Waals surface area contributed by atoms with Crippen molar-refractivity contribution < 1.29 is 27.9 Å². The number of aromatic nitrogens is 2. The molecule has 0 aliphatic carbocycles. The van der Waals surface area contributed by atoms with E-state index in [4.69, 9.17) is 23.2 Å². The number of carbonyl (C=O) groups excluding carboxylic acids is 1. The van der Waals surface area contributed by atoms with E-state index in [1.165, 1.54) is 27.6 Å². The van der Waals surface area contributed by atoms with E-state index in [0.29, 0.717) is 28.6 Å². The van der Waals surface area contributed by atoms with Gasteiger partial charge in [-0.15, -0.1) is 0 Å². The number of carbonyl (C=O) groups is 1. The molecule has 0 unspecified atom stereocenters. The standard InChI is InChI=1S/C18H19N3O6/c1-10(19-17(22)12-6-5-7-26-12)18-20-16(21-27-18)11-8-13(23-2)15(25-4)14(9-11)24-3/h5-10H,1-4H3,(H,19,22)/t10-/m0/s1.